The summed E-state index contributed by atoms with van der Waals surface area (Å²) in [6, 6.07) is 7.73. The van der Waals surface area contributed by atoms with Crippen molar-refractivity contribution in [2.24, 2.45) is 0 Å². The minimum absolute atomic E-state index is 0.0253. The van der Waals surface area contributed by atoms with E-state index in [1.807, 2.05) is 24.3 Å². The first-order valence-electron chi connectivity index (χ1n) is 7.11. The number of aromatic nitrogens is 2. The van der Waals surface area contributed by atoms with Crippen molar-refractivity contribution in [2.75, 3.05) is 18.5 Å². The summed E-state index contributed by atoms with van der Waals surface area (Å²) in [4.78, 5) is 16.4. The van der Waals surface area contributed by atoms with Gasteiger partial charge in [-0.05, 0) is 18.1 Å². The van der Waals surface area contributed by atoms with E-state index in [1.54, 1.807) is 0 Å². The summed E-state index contributed by atoms with van der Waals surface area (Å²) in [5, 5.41) is 6.95. The number of carbonyl (C=O) groups is 1. The minimum atomic E-state index is -0.168. The number of hydrogen-bond acceptors (Lipinski definition) is 5. The molecule has 2 atom stereocenters. The second-order valence-electron chi connectivity index (χ2n) is 5.44. The largest absolute Gasteiger partial charge is 0.381 e. The Balaban J connectivity index is 1.68. The van der Waals surface area contributed by atoms with E-state index in [9.17, 15) is 4.79 Å². The molecule has 0 radical (unpaired) electrons. The highest BCUT2D eigenvalue weighted by Gasteiger charge is 2.32. The second kappa shape index (κ2) is 4.96. The summed E-state index contributed by atoms with van der Waals surface area (Å²) in [5.41, 5.74) is 1.85. The van der Waals surface area contributed by atoms with Crippen LogP contribution in [0.25, 0.3) is 0 Å². The molecule has 1 saturated heterocycles. The number of nitrogens with one attached hydrogen (secondary N) is 1. The molecule has 3 heterocycles. The molecule has 0 bridgehead atoms. The zero-order valence-electron chi connectivity index (χ0n) is 11.4. The molecule has 1 fully saturated rings. The summed E-state index contributed by atoms with van der Waals surface area (Å²) in [7, 11) is 0. The average molecular weight is 285 g/mol. The summed E-state index contributed by atoms with van der Waals surface area (Å²) in [5.74, 6) is 1.21. The third kappa shape index (κ3) is 2.21. The fourth-order valence-electron chi connectivity index (χ4n) is 2.92. The number of para-hydroxylation sites is 1. The fraction of sp³-hybridized carbons (Fsp3) is 0.400. The molecule has 108 valence electrons. The van der Waals surface area contributed by atoms with Crippen LogP contribution in [0.15, 0.2) is 28.8 Å². The second-order valence-corrected chi connectivity index (χ2v) is 5.44. The summed E-state index contributed by atoms with van der Waals surface area (Å²) in [6.45, 7) is 1.38. The molecule has 1 amide bonds. The number of anilines is 1. The van der Waals surface area contributed by atoms with Crippen LogP contribution in [0.4, 0.5) is 5.69 Å². The maximum atomic E-state index is 11.9. The lowest BCUT2D eigenvalue weighted by Crippen LogP contribution is -2.23. The van der Waals surface area contributed by atoms with Crippen molar-refractivity contribution in [1.82, 2.24) is 10.1 Å². The molecular formula is C15H15N3O3. The van der Waals surface area contributed by atoms with Gasteiger partial charge >= 0.3 is 0 Å². The van der Waals surface area contributed by atoms with E-state index in [0.717, 1.165) is 24.3 Å². The minimum Gasteiger partial charge on any atom is -0.381 e. The van der Waals surface area contributed by atoms with Gasteiger partial charge in [0.2, 0.25) is 11.8 Å². The van der Waals surface area contributed by atoms with Gasteiger partial charge in [0.25, 0.3) is 0 Å². The average Bonchev–Trinajstić information content (AvgIpc) is 3.17. The number of ether oxygens (including phenoxy) is 1. The molecule has 0 saturated carbocycles. The van der Waals surface area contributed by atoms with Crippen molar-refractivity contribution >= 4 is 11.6 Å². The Kier molecular flexibility index (Phi) is 2.96. The van der Waals surface area contributed by atoms with Crippen molar-refractivity contribution < 1.29 is 14.1 Å². The van der Waals surface area contributed by atoms with Crippen LogP contribution in [0.3, 0.4) is 0 Å². The van der Waals surface area contributed by atoms with Gasteiger partial charge in [0.1, 0.15) is 0 Å². The molecule has 6 heteroatoms. The Morgan fingerprint density at radius 3 is 3.05 bits per heavy atom. The molecule has 1 aromatic carbocycles. The standard InChI is InChI=1S/C15H15N3O3/c19-13-7-11(10-3-1-2-4-12(10)16-13)15-17-14(18-21-15)9-5-6-20-8-9/h1-4,9,11H,5-8H2,(H,16,19)/t9-,11-/m0/s1. The summed E-state index contributed by atoms with van der Waals surface area (Å²) >= 11 is 0. The quantitative estimate of drug-likeness (QED) is 0.913. The van der Waals surface area contributed by atoms with E-state index in [-0.39, 0.29) is 17.7 Å². The van der Waals surface area contributed by atoms with Crippen LogP contribution in [0.2, 0.25) is 0 Å². The normalized spacial score (nSPS) is 24.7. The van der Waals surface area contributed by atoms with Crippen molar-refractivity contribution in [2.45, 2.75) is 24.7 Å². The Bertz CT molecular complexity index is 676. The maximum Gasteiger partial charge on any atom is 0.234 e. The third-order valence-corrected chi connectivity index (χ3v) is 4.05. The number of rotatable bonds is 2. The van der Waals surface area contributed by atoms with Gasteiger partial charge in [0.15, 0.2) is 5.82 Å². The van der Waals surface area contributed by atoms with Crippen LogP contribution in [0, 0.1) is 0 Å². The first kappa shape index (κ1) is 12.5. The summed E-state index contributed by atoms with van der Waals surface area (Å²) in [6.07, 6.45) is 1.25. The molecule has 1 N–H and O–H groups in total. The van der Waals surface area contributed by atoms with Crippen LogP contribution in [0.5, 0.6) is 0 Å². The van der Waals surface area contributed by atoms with E-state index in [4.69, 9.17) is 9.26 Å². The Labute approximate surface area is 121 Å². The third-order valence-electron chi connectivity index (χ3n) is 4.05. The smallest absolute Gasteiger partial charge is 0.234 e. The zero-order chi connectivity index (χ0) is 14.2. The van der Waals surface area contributed by atoms with E-state index in [0.29, 0.717) is 24.7 Å². The first-order chi connectivity index (χ1) is 10.3. The Hall–Kier alpha value is -2.21. The predicted octanol–water partition coefficient (Wildman–Crippen LogP) is 2.05. The van der Waals surface area contributed by atoms with Gasteiger partial charge in [0.05, 0.1) is 12.5 Å². The van der Waals surface area contributed by atoms with Gasteiger partial charge in [-0.3, -0.25) is 4.79 Å². The van der Waals surface area contributed by atoms with Gasteiger partial charge in [-0.25, -0.2) is 0 Å². The molecule has 2 aromatic rings. The maximum absolute atomic E-state index is 11.9. The molecule has 6 nitrogen and oxygen atoms in total. The van der Waals surface area contributed by atoms with Crippen LogP contribution in [-0.4, -0.2) is 29.3 Å². The molecule has 4 rings (SSSR count). The lowest BCUT2D eigenvalue weighted by Gasteiger charge is -2.22. The number of hydrogen-bond donors (Lipinski definition) is 1. The van der Waals surface area contributed by atoms with Crippen LogP contribution in [-0.2, 0) is 9.53 Å². The molecule has 2 aliphatic heterocycles. The van der Waals surface area contributed by atoms with Crippen molar-refractivity contribution in [1.29, 1.82) is 0 Å². The van der Waals surface area contributed by atoms with E-state index in [1.165, 1.54) is 0 Å². The molecular weight excluding hydrogens is 270 g/mol. The molecule has 0 spiro atoms. The zero-order valence-corrected chi connectivity index (χ0v) is 11.4. The van der Waals surface area contributed by atoms with Gasteiger partial charge in [-0.15, -0.1) is 0 Å². The summed E-state index contributed by atoms with van der Waals surface area (Å²) < 4.78 is 10.8. The highest BCUT2D eigenvalue weighted by Crippen LogP contribution is 2.36. The SMILES string of the molecule is O=C1C[C@H](c2nc([C@H]3CCOC3)no2)c2ccccc2N1. The van der Waals surface area contributed by atoms with Gasteiger partial charge in [-0.2, -0.15) is 4.98 Å². The van der Waals surface area contributed by atoms with E-state index >= 15 is 0 Å². The van der Waals surface area contributed by atoms with Crippen molar-refractivity contribution in [3.8, 4) is 0 Å². The topological polar surface area (TPSA) is 77.2 Å². The van der Waals surface area contributed by atoms with Crippen LogP contribution < -0.4 is 5.32 Å². The van der Waals surface area contributed by atoms with Gasteiger partial charge in [-0.1, -0.05) is 23.4 Å². The highest BCUT2D eigenvalue weighted by atomic mass is 16.5. The predicted molar refractivity (Wildman–Crippen MR) is 74.0 cm³/mol. The van der Waals surface area contributed by atoms with Crippen LogP contribution >= 0.6 is 0 Å². The fourth-order valence-corrected chi connectivity index (χ4v) is 2.92. The Morgan fingerprint density at radius 1 is 1.29 bits per heavy atom. The number of amides is 1. The monoisotopic (exact) mass is 285 g/mol. The number of nitrogens with zero attached hydrogens (tertiary/aromatic N) is 2. The number of benzene rings is 1. The molecule has 21 heavy (non-hydrogen) atoms. The van der Waals surface area contributed by atoms with Gasteiger partial charge < -0.3 is 14.6 Å². The molecule has 0 aliphatic carbocycles. The Morgan fingerprint density at radius 2 is 2.19 bits per heavy atom. The van der Waals surface area contributed by atoms with Crippen molar-refractivity contribution in [3.63, 3.8) is 0 Å². The molecule has 2 aliphatic rings. The van der Waals surface area contributed by atoms with E-state index < -0.39 is 0 Å². The number of carbonyl (C=O) groups excluding carboxylic acids is 1. The lowest BCUT2D eigenvalue weighted by molar-refractivity contribution is -0.116. The van der Waals surface area contributed by atoms with Gasteiger partial charge in [0, 0.05) is 24.6 Å². The first-order valence-corrected chi connectivity index (χ1v) is 7.11. The van der Waals surface area contributed by atoms with E-state index in [2.05, 4.69) is 15.5 Å². The van der Waals surface area contributed by atoms with Crippen LogP contribution in [0.1, 0.15) is 42.0 Å². The number of fused-ring (bicyclic) bond motifs is 1. The molecule has 1 aromatic heterocycles. The lowest BCUT2D eigenvalue weighted by atomic mass is 9.90. The molecule has 0 unspecified atom stereocenters. The highest BCUT2D eigenvalue weighted by molar-refractivity contribution is 5.95. The van der Waals surface area contributed by atoms with Crippen molar-refractivity contribution in [3.05, 3.63) is 41.5 Å².